The lowest BCUT2D eigenvalue weighted by Gasteiger charge is -2.15. The average molecular weight is 322 g/mol. The van der Waals surface area contributed by atoms with E-state index in [0.717, 1.165) is 23.7 Å². The maximum Gasteiger partial charge on any atom is 0.307 e. The van der Waals surface area contributed by atoms with Crippen LogP contribution in [-0.4, -0.2) is 41.9 Å². The number of aromatic amines is 1. The zero-order valence-electron chi connectivity index (χ0n) is 12.1. The molecular formula is C15H18N2O4S. The predicted octanol–water partition coefficient (Wildman–Crippen LogP) is 1.72. The number of hydrogen-bond donors (Lipinski definition) is 2. The molecule has 0 aliphatic carbocycles. The number of nitrogens with zero attached hydrogens (tertiary/aromatic N) is 1. The molecule has 3 rings (SSSR count). The largest absolute Gasteiger partial charge is 0.481 e. The summed E-state index contributed by atoms with van der Waals surface area (Å²) in [5, 5.41) is 9.70. The summed E-state index contributed by atoms with van der Waals surface area (Å²) >= 11 is 0. The van der Waals surface area contributed by atoms with Gasteiger partial charge in [-0.05, 0) is 36.1 Å². The molecule has 0 saturated carbocycles. The van der Waals surface area contributed by atoms with Crippen LogP contribution in [0.25, 0.3) is 10.9 Å². The van der Waals surface area contributed by atoms with Gasteiger partial charge in [0.15, 0.2) is 0 Å². The van der Waals surface area contributed by atoms with Gasteiger partial charge in [-0.3, -0.25) is 4.79 Å². The first kappa shape index (κ1) is 15.1. The number of aromatic nitrogens is 1. The minimum absolute atomic E-state index is 0.0410. The maximum absolute atomic E-state index is 12.4. The van der Waals surface area contributed by atoms with Crippen molar-refractivity contribution in [1.82, 2.24) is 9.29 Å². The highest BCUT2D eigenvalue weighted by molar-refractivity contribution is 7.88. The second kappa shape index (κ2) is 5.73. The van der Waals surface area contributed by atoms with Crippen LogP contribution < -0.4 is 0 Å². The lowest BCUT2D eigenvalue weighted by molar-refractivity contribution is -0.136. The van der Waals surface area contributed by atoms with Crippen LogP contribution in [0.3, 0.4) is 0 Å². The Morgan fingerprint density at radius 2 is 2.00 bits per heavy atom. The highest BCUT2D eigenvalue weighted by atomic mass is 32.2. The minimum Gasteiger partial charge on any atom is -0.481 e. The third-order valence-electron chi connectivity index (χ3n) is 3.98. The molecule has 2 heterocycles. The van der Waals surface area contributed by atoms with E-state index in [0.29, 0.717) is 24.2 Å². The van der Waals surface area contributed by atoms with E-state index in [2.05, 4.69) is 4.98 Å². The third kappa shape index (κ3) is 3.00. The number of rotatable bonds is 5. The molecule has 0 spiro atoms. The number of benzene rings is 1. The topological polar surface area (TPSA) is 90.5 Å². The van der Waals surface area contributed by atoms with Crippen LogP contribution in [0.5, 0.6) is 0 Å². The van der Waals surface area contributed by atoms with E-state index in [1.807, 2.05) is 0 Å². The van der Waals surface area contributed by atoms with Gasteiger partial charge in [0.1, 0.15) is 0 Å². The summed E-state index contributed by atoms with van der Waals surface area (Å²) in [6.45, 7) is 1.19. The minimum atomic E-state index is -3.29. The van der Waals surface area contributed by atoms with Gasteiger partial charge < -0.3 is 10.1 Å². The van der Waals surface area contributed by atoms with E-state index in [1.54, 1.807) is 24.4 Å². The fraction of sp³-hybridized carbons (Fsp3) is 0.400. The van der Waals surface area contributed by atoms with Crippen molar-refractivity contribution >= 4 is 26.9 Å². The quantitative estimate of drug-likeness (QED) is 0.877. The highest BCUT2D eigenvalue weighted by Gasteiger charge is 2.25. The summed E-state index contributed by atoms with van der Waals surface area (Å²) < 4.78 is 26.3. The van der Waals surface area contributed by atoms with Crippen LogP contribution in [0, 0.1) is 0 Å². The van der Waals surface area contributed by atoms with E-state index in [1.165, 1.54) is 4.31 Å². The van der Waals surface area contributed by atoms with Crippen LogP contribution in [0.4, 0.5) is 0 Å². The van der Waals surface area contributed by atoms with Crippen molar-refractivity contribution in [2.45, 2.75) is 25.0 Å². The molecular weight excluding hydrogens is 304 g/mol. The number of carbonyl (C=O) groups is 1. The summed E-state index contributed by atoms with van der Waals surface area (Å²) in [6.07, 6.45) is 3.41. The number of aliphatic carboxylic acids is 1. The van der Waals surface area contributed by atoms with Crippen molar-refractivity contribution < 1.29 is 18.3 Å². The SMILES string of the molecule is O=C(O)Cc1c[nH]c2ccc(CS(=O)(=O)N3CCCC3)cc12. The predicted molar refractivity (Wildman–Crippen MR) is 83.1 cm³/mol. The fourth-order valence-corrected chi connectivity index (χ4v) is 4.49. The normalized spacial score (nSPS) is 16.4. The van der Waals surface area contributed by atoms with Gasteiger partial charge in [0.2, 0.25) is 10.0 Å². The van der Waals surface area contributed by atoms with Gasteiger partial charge in [-0.2, -0.15) is 0 Å². The number of nitrogens with one attached hydrogen (secondary N) is 1. The van der Waals surface area contributed by atoms with Crippen LogP contribution in [0.2, 0.25) is 0 Å². The third-order valence-corrected chi connectivity index (χ3v) is 5.83. The molecule has 7 heteroatoms. The lowest BCUT2D eigenvalue weighted by Crippen LogP contribution is -2.29. The second-order valence-corrected chi connectivity index (χ2v) is 7.60. The monoisotopic (exact) mass is 322 g/mol. The van der Waals surface area contributed by atoms with E-state index in [9.17, 15) is 13.2 Å². The van der Waals surface area contributed by atoms with Crippen molar-refractivity contribution in [2.75, 3.05) is 13.1 Å². The smallest absolute Gasteiger partial charge is 0.307 e. The van der Waals surface area contributed by atoms with Crippen molar-refractivity contribution in [1.29, 1.82) is 0 Å². The number of hydrogen-bond acceptors (Lipinski definition) is 3. The summed E-state index contributed by atoms with van der Waals surface area (Å²) in [5.41, 5.74) is 2.17. The van der Waals surface area contributed by atoms with E-state index in [4.69, 9.17) is 5.11 Å². The van der Waals surface area contributed by atoms with Crippen LogP contribution in [-0.2, 0) is 27.0 Å². The molecule has 1 fully saturated rings. The van der Waals surface area contributed by atoms with Gasteiger partial charge in [-0.15, -0.1) is 0 Å². The van der Waals surface area contributed by atoms with Crippen molar-refractivity contribution in [3.63, 3.8) is 0 Å². The molecule has 0 bridgehead atoms. The summed E-state index contributed by atoms with van der Waals surface area (Å²) in [7, 11) is -3.29. The molecule has 1 aliphatic heterocycles. The average Bonchev–Trinajstić information content (AvgIpc) is 3.08. The lowest BCUT2D eigenvalue weighted by atomic mass is 10.1. The van der Waals surface area contributed by atoms with E-state index < -0.39 is 16.0 Å². The van der Waals surface area contributed by atoms with E-state index >= 15 is 0 Å². The number of carboxylic acids is 1. The van der Waals surface area contributed by atoms with Gasteiger partial charge in [-0.25, -0.2) is 12.7 Å². The fourth-order valence-electron chi connectivity index (χ4n) is 2.89. The molecule has 6 nitrogen and oxygen atoms in total. The maximum atomic E-state index is 12.4. The first-order valence-electron chi connectivity index (χ1n) is 7.24. The van der Waals surface area contributed by atoms with Crippen LogP contribution >= 0.6 is 0 Å². The molecule has 1 aliphatic rings. The molecule has 1 aromatic heterocycles. The van der Waals surface area contributed by atoms with Crippen molar-refractivity contribution in [3.8, 4) is 0 Å². The van der Waals surface area contributed by atoms with Gasteiger partial charge in [0, 0.05) is 30.2 Å². The Balaban J connectivity index is 1.89. The highest BCUT2D eigenvalue weighted by Crippen LogP contribution is 2.23. The standard InChI is InChI=1S/C15H18N2O4S/c18-15(19)8-12-9-16-14-4-3-11(7-13(12)14)10-22(20,21)17-5-1-2-6-17/h3-4,7,9,16H,1-2,5-6,8,10H2,(H,18,19). The molecule has 1 aromatic carbocycles. The Labute approximate surface area is 128 Å². The van der Waals surface area contributed by atoms with Gasteiger partial charge in [0.25, 0.3) is 0 Å². The van der Waals surface area contributed by atoms with Gasteiger partial charge in [-0.1, -0.05) is 6.07 Å². The first-order valence-corrected chi connectivity index (χ1v) is 8.85. The Kier molecular flexibility index (Phi) is 3.92. The molecule has 1 saturated heterocycles. The summed E-state index contributed by atoms with van der Waals surface area (Å²) in [6, 6.07) is 5.35. The number of sulfonamides is 1. The molecule has 0 amide bonds. The zero-order chi connectivity index (χ0) is 15.7. The van der Waals surface area contributed by atoms with Crippen molar-refractivity contribution in [3.05, 3.63) is 35.5 Å². The Morgan fingerprint density at radius 1 is 1.27 bits per heavy atom. The molecule has 2 aromatic rings. The molecule has 0 radical (unpaired) electrons. The Morgan fingerprint density at radius 3 is 2.68 bits per heavy atom. The number of carboxylic acid groups (broad SMARTS) is 1. The summed E-state index contributed by atoms with van der Waals surface area (Å²) in [4.78, 5) is 13.9. The van der Waals surface area contributed by atoms with E-state index in [-0.39, 0.29) is 12.2 Å². The van der Waals surface area contributed by atoms with Gasteiger partial charge >= 0.3 is 5.97 Å². The zero-order valence-corrected chi connectivity index (χ0v) is 12.9. The molecule has 2 N–H and O–H groups in total. The summed E-state index contributed by atoms with van der Waals surface area (Å²) in [5.74, 6) is -0.948. The second-order valence-electron chi connectivity index (χ2n) is 5.63. The Bertz CT molecular complexity index is 804. The number of fused-ring (bicyclic) bond motifs is 1. The number of H-pyrrole nitrogens is 1. The molecule has 118 valence electrons. The Hall–Kier alpha value is -1.86. The molecule has 22 heavy (non-hydrogen) atoms. The van der Waals surface area contributed by atoms with Crippen LogP contribution in [0.15, 0.2) is 24.4 Å². The van der Waals surface area contributed by atoms with Gasteiger partial charge in [0.05, 0.1) is 12.2 Å². The molecule has 0 atom stereocenters. The first-order chi connectivity index (χ1) is 10.5. The van der Waals surface area contributed by atoms with Crippen LogP contribution in [0.1, 0.15) is 24.0 Å². The van der Waals surface area contributed by atoms with Crippen molar-refractivity contribution in [2.24, 2.45) is 0 Å². The molecule has 0 unspecified atom stereocenters.